The predicted octanol–water partition coefficient (Wildman–Crippen LogP) is 1.26. The molecule has 2 rings (SSSR count). The van der Waals surface area contributed by atoms with Gasteiger partial charge in [-0.25, -0.2) is 12.7 Å². The van der Waals surface area contributed by atoms with Crippen LogP contribution in [0.4, 0.5) is 0 Å². The molecular formula is C14H20N2O3S2. The second-order valence-corrected chi connectivity index (χ2v) is 7.56. The van der Waals surface area contributed by atoms with Crippen LogP contribution in [-0.2, 0) is 20.5 Å². The van der Waals surface area contributed by atoms with Gasteiger partial charge >= 0.3 is 0 Å². The van der Waals surface area contributed by atoms with E-state index < -0.39 is 10.0 Å². The lowest BCUT2D eigenvalue weighted by molar-refractivity contribution is 0.0604. The molecule has 21 heavy (non-hydrogen) atoms. The molecule has 0 aliphatic carbocycles. The molecule has 0 aromatic heterocycles. The Morgan fingerprint density at radius 3 is 2.67 bits per heavy atom. The highest BCUT2D eigenvalue weighted by Crippen LogP contribution is 2.19. The molecule has 7 heteroatoms. The van der Waals surface area contributed by atoms with E-state index in [1.165, 1.54) is 4.31 Å². The first-order chi connectivity index (χ1) is 9.92. The van der Waals surface area contributed by atoms with Crippen molar-refractivity contribution >= 4 is 27.2 Å². The van der Waals surface area contributed by atoms with E-state index >= 15 is 0 Å². The van der Waals surface area contributed by atoms with Gasteiger partial charge in [0.1, 0.15) is 4.99 Å². The molecule has 1 aliphatic heterocycles. The molecule has 0 amide bonds. The van der Waals surface area contributed by atoms with E-state index in [9.17, 15) is 8.42 Å². The molecule has 1 saturated heterocycles. The zero-order chi connectivity index (χ0) is 15.5. The third-order valence-corrected chi connectivity index (χ3v) is 5.77. The molecule has 0 atom stereocenters. The van der Waals surface area contributed by atoms with Gasteiger partial charge in [-0.15, -0.1) is 0 Å². The Bertz CT molecular complexity index is 608. The van der Waals surface area contributed by atoms with E-state index in [1.807, 2.05) is 0 Å². The quantitative estimate of drug-likeness (QED) is 0.824. The van der Waals surface area contributed by atoms with E-state index in [-0.39, 0.29) is 16.8 Å². The van der Waals surface area contributed by atoms with Gasteiger partial charge < -0.3 is 10.5 Å². The summed E-state index contributed by atoms with van der Waals surface area (Å²) in [5, 5.41) is 0. The molecule has 0 bridgehead atoms. The maximum absolute atomic E-state index is 12.5. The Hall–Kier alpha value is -1.02. The number of rotatable bonds is 5. The second kappa shape index (κ2) is 6.83. The minimum Gasteiger partial charge on any atom is -0.389 e. The van der Waals surface area contributed by atoms with Gasteiger partial charge in [0.25, 0.3) is 0 Å². The number of hydrogen-bond donors (Lipinski definition) is 1. The first kappa shape index (κ1) is 16.4. The molecule has 1 aromatic carbocycles. The molecule has 2 N–H and O–H groups in total. The van der Waals surface area contributed by atoms with Gasteiger partial charge in [-0.1, -0.05) is 30.4 Å². The third kappa shape index (κ3) is 4.23. The molecule has 1 aliphatic rings. The van der Waals surface area contributed by atoms with E-state index in [2.05, 4.69) is 0 Å². The number of benzene rings is 1. The molecule has 5 nitrogen and oxygen atoms in total. The fraction of sp³-hybridized carbons (Fsp3) is 0.500. The Morgan fingerprint density at radius 1 is 1.43 bits per heavy atom. The van der Waals surface area contributed by atoms with E-state index in [0.717, 1.165) is 12.8 Å². The first-order valence-corrected chi connectivity index (χ1v) is 8.83. The summed E-state index contributed by atoms with van der Waals surface area (Å²) in [5.74, 6) is -0.0267. The molecule has 0 saturated carbocycles. The Kier molecular flexibility index (Phi) is 5.32. The summed E-state index contributed by atoms with van der Waals surface area (Å²) in [4.78, 5) is 0.273. The number of nitrogens with zero attached hydrogens (tertiary/aromatic N) is 1. The van der Waals surface area contributed by atoms with Gasteiger partial charge in [0, 0.05) is 25.8 Å². The van der Waals surface area contributed by atoms with Crippen LogP contribution in [0, 0.1) is 0 Å². The number of piperidine rings is 1. The second-order valence-electron chi connectivity index (χ2n) is 5.15. The van der Waals surface area contributed by atoms with Crippen molar-refractivity contribution in [3.8, 4) is 0 Å². The van der Waals surface area contributed by atoms with E-state index in [0.29, 0.717) is 24.2 Å². The largest absolute Gasteiger partial charge is 0.389 e. The molecule has 116 valence electrons. The standard InChI is InChI=1S/C14H20N2O3S2/c1-19-13-5-7-16(8-6-13)21(17,18)10-11-3-2-4-12(9-11)14(15)20/h2-4,9,13H,5-8,10H2,1H3,(H2,15,20). The van der Waals surface area contributed by atoms with Crippen LogP contribution in [0.3, 0.4) is 0 Å². The van der Waals surface area contributed by atoms with Crippen molar-refractivity contribution in [2.24, 2.45) is 5.73 Å². The van der Waals surface area contributed by atoms with Gasteiger partial charge in [0.2, 0.25) is 10.0 Å². The molecule has 0 radical (unpaired) electrons. The van der Waals surface area contributed by atoms with E-state index in [1.54, 1.807) is 31.4 Å². The molecule has 1 aromatic rings. The van der Waals surface area contributed by atoms with Crippen LogP contribution in [-0.4, -0.2) is 44.0 Å². The number of ether oxygens (including phenoxy) is 1. The number of methoxy groups -OCH3 is 1. The minimum atomic E-state index is -3.32. The normalized spacial score (nSPS) is 17.8. The molecule has 0 unspecified atom stereocenters. The van der Waals surface area contributed by atoms with Crippen molar-refractivity contribution in [3.05, 3.63) is 35.4 Å². The summed E-state index contributed by atoms with van der Waals surface area (Å²) >= 11 is 4.92. The lowest BCUT2D eigenvalue weighted by Crippen LogP contribution is -2.41. The molecule has 1 heterocycles. The van der Waals surface area contributed by atoms with Gasteiger partial charge in [0.05, 0.1) is 11.9 Å². The lowest BCUT2D eigenvalue weighted by atomic mass is 10.1. The minimum absolute atomic E-state index is 0.0267. The number of nitrogens with two attached hydrogens (primary N) is 1. The van der Waals surface area contributed by atoms with Gasteiger partial charge in [-0.05, 0) is 24.5 Å². The van der Waals surface area contributed by atoms with Crippen LogP contribution < -0.4 is 5.73 Å². The van der Waals surface area contributed by atoms with Crippen LogP contribution in [0.25, 0.3) is 0 Å². The van der Waals surface area contributed by atoms with Crippen LogP contribution in [0.5, 0.6) is 0 Å². The van der Waals surface area contributed by atoms with Crippen LogP contribution in [0.15, 0.2) is 24.3 Å². The lowest BCUT2D eigenvalue weighted by Gasteiger charge is -2.30. The third-order valence-electron chi connectivity index (χ3n) is 3.69. The highest BCUT2D eigenvalue weighted by Gasteiger charge is 2.28. The fourth-order valence-electron chi connectivity index (χ4n) is 2.46. The summed E-state index contributed by atoms with van der Waals surface area (Å²) in [6.07, 6.45) is 1.64. The summed E-state index contributed by atoms with van der Waals surface area (Å²) in [5.41, 5.74) is 6.97. The molecular weight excluding hydrogens is 308 g/mol. The van der Waals surface area contributed by atoms with Crippen molar-refractivity contribution < 1.29 is 13.2 Å². The van der Waals surface area contributed by atoms with Crippen molar-refractivity contribution in [3.63, 3.8) is 0 Å². The topological polar surface area (TPSA) is 72.6 Å². The summed E-state index contributed by atoms with van der Waals surface area (Å²) < 4.78 is 31.7. The van der Waals surface area contributed by atoms with Gasteiger partial charge in [-0.2, -0.15) is 0 Å². The van der Waals surface area contributed by atoms with Gasteiger partial charge in [0.15, 0.2) is 0 Å². The first-order valence-electron chi connectivity index (χ1n) is 6.82. The van der Waals surface area contributed by atoms with Crippen LogP contribution in [0.1, 0.15) is 24.0 Å². The summed E-state index contributed by atoms with van der Waals surface area (Å²) in [6.45, 7) is 1.02. The summed E-state index contributed by atoms with van der Waals surface area (Å²) in [7, 11) is -1.65. The Labute approximate surface area is 131 Å². The Morgan fingerprint density at radius 2 is 2.10 bits per heavy atom. The monoisotopic (exact) mass is 328 g/mol. The predicted molar refractivity (Wildman–Crippen MR) is 86.6 cm³/mol. The average molecular weight is 328 g/mol. The van der Waals surface area contributed by atoms with Crippen molar-refractivity contribution in [1.29, 1.82) is 0 Å². The number of hydrogen-bond acceptors (Lipinski definition) is 4. The van der Waals surface area contributed by atoms with Crippen molar-refractivity contribution in [2.45, 2.75) is 24.7 Å². The molecule has 1 fully saturated rings. The SMILES string of the molecule is COC1CCN(S(=O)(=O)Cc2cccc(C(N)=S)c2)CC1. The number of thiocarbonyl (C=S) groups is 1. The van der Waals surface area contributed by atoms with Gasteiger partial charge in [-0.3, -0.25) is 0 Å². The van der Waals surface area contributed by atoms with Crippen LogP contribution >= 0.6 is 12.2 Å². The summed E-state index contributed by atoms with van der Waals surface area (Å²) in [6, 6.07) is 7.07. The number of sulfonamides is 1. The zero-order valence-electron chi connectivity index (χ0n) is 12.0. The fourth-order valence-corrected chi connectivity index (χ4v) is 4.14. The maximum Gasteiger partial charge on any atom is 0.218 e. The highest BCUT2D eigenvalue weighted by molar-refractivity contribution is 7.88. The van der Waals surface area contributed by atoms with Crippen molar-refractivity contribution in [2.75, 3.05) is 20.2 Å². The van der Waals surface area contributed by atoms with Crippen LogP contribution in [0.2, 0.25) is 0 Å². The average Bonchev–Trinajstić information content (AvgIpc) is 2.47. The maximum atomic E-state index is 12.5. The van der Waals surface area contributed by atoms with Crippen molar-refractivity contribution in [1.82, 2.24) is 4.31 Å². The Balaban J connectivity index is 2.07. The van der Waals surface area contributed by atoms with E-state index in [4.69, 9.17) is 22.7 Å². The zero-order valence-corrected chi connectivity index (χ0v) is 13.6. The molecule has 0 spiro atoms. The highest BCUT2D eigenvalue weighted by atomic mass is 32.2. The smallest absolute Gasteiger partial charge is 0.218 e.